The Morgan fingerprint density at radius 3 is 2.37 bits per heavy atom. The van der Waals surface area contributed by atoms with Gasteiger partial charge >= 0.3 is 0 Å². The van der Waals surface area contributed by atoms with Crippen molar-refractivity contribution in [3.05, 3.63) is 90.0 Å². The number of ether oxygens (including phenoxy) is 3. The van der Waals surface area contributed by atoms with Crippen LogP contribution in [0.1, 0.15) is 16.7 Å². The molecule has 1 N–H and O–H groups in total. The molecule has 3 aromatic carbocycles. The Kier molecular flexibility index (Phi) is 9.50. The van der Waals surface area contributed by atoms with E-state index in [0.29, 0.717) is 29.4 Å². The van der Waals surface area contributed by atoms with Crippen LogP contribution in [0.4, 0.5) is 5.69 Å². The number of hydrogen-bond donors (Lipinski definition) is 1. The van der Waals surface area contributed by atoms with Gasteiger partial charge < -0.3 is 14.2 Å². The van der Waals surface area contributed by atoms with E-state index in [4.69, 9.17) is 14.2 Å². The Bertz CT molecular complexity index is 1420. The van der Waals surface area contributed by atoms with Gasteiger partial charge in [-0.3, -0.25) is 9.10 Å². The molecular weight excluding hydrogens is 506 g/mol. The summed E-state index contributed by atoms with van der Waals surface area (Å²) in [6, 6.07) is 16.7. The molecule has 200 valence electrons. The molecule has 1 amide bonds. The minimum atomic E-state index is -4.17. The molecule has 0 bridgehead atoms. The van der Waals surface area contributed by atoms with E-state index in [-0.39, 0.29) is 10.6 Å². The molecule has 0 atom stereocenters. The first-order chi connectivity index (χ1) is 18.2. The van der Waals surface area contributed by atoms with Crippen LogP contribution in [0.3, 0.4) is 0 Å². The zero-order valence-electron chi connectivity index (χ0n) is 21.8. The number of sulfonamides is 1. The van der Waals surface area contributed by atoms with Gasteiger partial charge in [0.05, 0.1) is 31.0 Å². The summed E-state index contributed by atoms with van der Waals surface area (Å²) in [7, 11) is -1.29. The lowest BCUT2D eigenvalue weighted by Gasteiger charge is -2.25. The van der Waals surface area contributed by atoms with Crippen LogP contribution in [0.15, 0.2) is 83.3 Å². The molecule has 0 unspecified atom stereocenters. The largest absolute Gasteiger partial charge is 0.493 e. The van der Waals surface area contributed by atoms with Gasteiger partial charge in [-0.05, 0) is 66.9 Å². The van der Waals surface area contributed by atoms with Crippen molar-refractivity contribution in [2.75, 3.05) is 31.7 Å². The molecule has 0 aliphatic carbocycles. The smallest absolute Gasteiger partial charge is 0.264 e. The van der Waals surface area contributed by atoms with Crippen LogP contribution in [-0.4, -0.2) is 47.9 Å². The van der Waals surface area contributed by atoms with Crippen LogP contribution in [0.25, 0.3) is 0 Å². The maximum Gasteiger partial charge on any atom is 0.264 e. The number of nitrogens with one attached hydrogen (secondary N) is 1. The van der Waals surface area contributed by atoms with Crippen molar-refractivity contribution in [1.29, 1.82) is 0 Å². The van der Waals surface area contributed by atoms with E-state index in [1.807, 2.05) is 19.9 Å². The summed E-state index contributed by atoms with van der Waals surface area (Å²) in [5.74, 6) is 0.642. The molecule has 0 aromatic heterocycles. The first-order valence-electron chi connectivity index (χ1n) is 11.7. The normalized spacial score (nSPS) is 11.2. The summed E-state index contributed by atoms with van der Waals surface area (Å²) in [4.78, 5) is 12.8. The van der Waals surface area contributed by atoms with Gasteiger partial charge in [0.1, 0.15) is 18.9 Å². The first kappa shape index (κ1) is 28.3. The molecule has 3 aromatic rings. The molecular formula is C28H31N3O6S. The number of rotatable bonds is 12. The van der Waals surface area contributed by atoms with E-state index >= 15 is 0 Å². The zero-order chi connectivity index (χ0) is 27.7. The fraction of sp³-hybridized carbons (Fsp3) is 0.214. The third-order valence-electron chi connectivity index (χ3n) is 5.35. The second kappa shape index (κ2) is 12.8. The summed E-state index contributed by atoms with van der Waals surface area (Å²) in [6.07, 6.45) is 3.08. The van der Waals surface area contributed by atoms with Crippen LogP contribution in [0.2, 0.25) is 0 Å². The van der Waals surface area contributed by atoms with Crippen LogP contribution in [0, 0.1) is 13.8 Å². The number of hydrogen-bond acceptors (Lipinski definition) is 7. The summed E-state index contributed by atoms with van der Waals surface area (Å²) in [6.45, 7) is 7.19. The molecule has 0 radical (unpaired) electrons. The van der Waals surface area contributed by atoms with Gasteiger partial charge in [0.2, 0.25) is 0 Å². The number of aryl methyl sites for hydroxylation is 2. The topological polar surface area (TPSA) is 107 Å². The lowest BCUT2D eigenvalue weighted by atomic mass is 10.1. The minimum absolute atomic E-state index is 0.0538. The van der Waals surface area contributed by atoms with Gasteiger partial charge in [-0.1, -0.05) is 30.9 Å². The van der Waals surface area contributed by atoms with E-state index in [2.05, 4.69) is 17.1 Å². The summed E-state index contributed by atoms with van der Waals surface area (Å²) in [5, 5.41) is 3.99. The lowest BCUT2D eigenvalue weighted by Crippen LogP contribution is -2.39. The highest BCUT2D eigenvalue weighted by molar-refractivity contribution is 7.92. The van der Waals surface area contributed by atoms with Crippen molar-refractivity contribution in [2.45, 2.75) is 18.7 Å². The van der Waals surface area contributed by atoms with Gasteiger partial charge in [-0.15, -0.1) is 0 Å². The van der Waals surface area contributed by atoms with Crippen molar-refractivity contribution in [3.63, 3.8) is 0 Å². The Morgan fingerprint density at radius 2 is 1.71 bits per heavy atom. The van der Waals surface area contributed by atoms with Crippen LogP contribution < -0.4 is 23.9 Å². The zero-order valence-corrected chi connectivity index (χ0v) is 22.6. The third kappa shape index (κ3) is 7.13. The lowest BCUT2D eigenvalue weighted by molar-refractivity contribution is -0.119. The second-order valence-corrected chi connectivity index (χ2v) is 10.2. The molecule has 38 heavy (non-hydrogen) atoms. The maximum atomic E-state index is 13.8. The number of benzene rings is 3. The van der Waals surface area contributed by atoms with Crippen molar-refractivity contribution >= 4 is 27.8 Å². The van der Waals surface area contributed by atoms with Gasteiger partial charge in [0, 0.05) is 6.07 Å². The van der Waals surface area contributed by atoms with Crippen molar-refractivity contribution in [2.24, 2.45) is 5.10 Å². The van der Waals surface area contributed by atoms with Crippen molar-refractivity contribution < 1.29 is 27.4 Å². The number of methoxy groups -OCH3 is 2. The highest BCUT2D eigenvalue weighted by atomic mass is 32.2. The summed E-state index contributed by atoms with van der Waals surface area (Å²) >= 11 is 0. The Labute approximate surface area is 223 Å². The first-order valence-corrected chi connectivity index (χ1v) is 13.1. The van der Waals surface area contributed by atoms with Gasteiger partial charge in [0.25, 0.3) is 15.9 Å². The fourth-order valence-electron chi connectivity index (χ4n) is 3.70. The molecule has 0 heterocycles. The van der Waals surface area contributed by atoms with Crippen LogP contribution >= 0.6 is 0 Å². The molecule has 0 aliphatic rings. The van der Waals surface area contributed by atoms with E-state index < -0.39 is 22.5 Å². The molecule has 3 rings (SSSR count). The number of hydrazone groups is 1. The second-order valence-electron chi connectivity index (χ2n) is 8.34. The molecule has 0 fully saturated rings. The van der Waals surface area contributed by atoms with Crippen LogP contribution in [0.5, 0.6) is 17.2 Å². The number of anilines is 1. The van der Waals surface area contributed by atoms with Crippen molar-refractivity contribution in [3.8, 4) is 17.2 Å². The minimum Gasteiger partial charge on any atom is -0.493 e. The molecule has 0 saturated carbocycles. The van der Waals surface area contributed by atoms with Crippen molar-refractivity contribution in [1.82, 2.24) is 5.43 Å². The average Bonchev–Trinajstić information content (AvgIpc) is 2.89. The highest BCUT2D eigenvalue weighted by Crippen LogP contribution is 2.32. The molecule has 10 heteroatoms. The number of carbonyl (C=O) groups excluding carboxylic acids is 1. The summed E-state index contributed by atoms with van der Waals surface area (Å²) < 4.78 is 44.6. The number of amides is 1. The Morgan fingerprint density at radius 1 is 1.00 bits per heavy atom. The van der Waals surface area contributed by atoms with Crippen LogP contribution in [-0.2, 0) is 14.8 Å². The maximum absolute atomic E-state index is 13.8. The predicted molar refractivity (Wildman–Crippen MR) is 148 cm³/mol. The van der Waals surface area contributed by atoms with Gasteiger partial charge in [-0.25, -0.2) is 13.8 Å². The third-order valence-corrected chi connectivity index (χ3v) is 7.12. The van der Waals surface area contributed by atoms with E-state index in [1.165, 1.54) is 38.6 Å². The highest BCUT2D eigenvalue weighted by Gasteiger charge is 2.28. The average molecular weight is 538 g/mol. The van der Waals surface area contributed by atoms with Gasteiger partial charge in [0.15, 0.2) is 11.5 Å². The quantitative estimate of drug-likeness (QED) is 0.211. The molecule has 9 nitrogen and oxygen atoms in total. The molecule has 0 aliphatic heterocycles. The molecule has 0 saturated heterocycles. The van der Waals surface area contributed by atoms with E-state index in [0.717, 1.165) is 15.4 Å². The summed E-state index contributed by atoms with van der Waals surface area (Å²) in [5.41, 5.74) is 5.15. The standard InChI is InChI=1S/C28H31N3O6S/c1-6-12-37-24-9-7-8-22(16-24)18-29-30-28(32)19-31(23-14-20(2)13-21(3)15-23)38(33,34)25-10-11-26(35-4)27(17-25)36-5/h6-11,13-18H,1,12,19H2,2-5H3,(H,30,32)/b29-18-. The molecule has 0 spiro atoms. The fourth-order valence-corrected chi connectivity index (χ4v) is 5.12. The van der Waals surface area contributed by atoms with Gasteiger partial charge in [-0.2, -0.15) is 5.10 Å². The predicted octanol–water partition coefficient (Wildman–Crippen LogP) is 4.23. The van der Waals surface area contributed by atoms with E-state index in [9.17, 15) is 13.2 Å². The number of nitrogens with zero attached hydrogens (tertiary/aromatic N) is 2. The van der Waals surface area contributed by atoms with E-state index in [1.54, 1.807) is 42.5 Å². The monoisotopic (exact) mass is 537 g/mol. The SMILES string of the molecule is C=CCOc1cccc(/C=N\NC(=O)CN(c2cc(C)cc(C)c2)S(=O)(=O)c2ccc(OC)c(OC)c2)c1. The number of carbonyl (C=O) groups is 1. The Hall–Kier alpha value is -4.31. The Balaban J connectivity index is 1.88.